The molecule has 5 heteroatoms. The molecule has 20 heavy (non-hydrogen) atoms. The highest BCUT2D eigenvalue weighted by Gasteiger charge is 2.27. The second kappa shape index (κ2) is 5.98. The maximum atomic E-state index is 6.02. The van der Waals surface area contributed by atoms with Gasteiger partial charge in [-0.15, -0.1) is 0 Å². The van der Waals surface area contributed by atoms with Crippen LogP contribution in [0.1, 0.15) is 38.4 Å². The first kappa shape index (κ1) is 15.7. The van der Waals surface area contributed by atoms with Crippen molar-refractivity contribution in [3.05, 3.63) is 11.3 Å². The van der Waals surface area contributed by atoms with Crippen molar-refractivity contribution in [2.24, 2.45) is 12.8 Å². The molecule has 1 aliphatic rings. The van der Waals surface area contributed by atoms with Crippen molar-refractivity contribution in [3.63, 3.8) is 0 Å². The topological polar surface area (TPSA) is 47.1 Å². The van der Waals surface area contributed by atoms with Crippen molar-refractivity contribution in [1.82, 2.24) is 9.78 Å². The van der Waals surface area contributed by atoms with Gasteiger partial charge in [-0.25, -0.2) is 0 Å². The fraction of sp³-hybridized carbons (Fsp3) is 0.800. The second-order valence-corrected chi connectivity index (χ2v) is 8.34. The molecule has 0 bridgehead atoms. The van der Waals surface area contributed by atoms with E-state index in [9.17, 15) is 0 Å². The monoisotopic (exact) mass is 296 g/mol. The molecule has 0 spiro atoms. The van der Waals surface area contributed by atoms with E-state index in [-0.39, 0.29) is 6.04 Å². The van der Waals surface area contributed by atoms with Gasteiger partial charge in [-0.1, -0.05) is 13.8 Å². The van der Waals surface area contributed by atoms with E-state index in [0.29, 0.717) is 4.75 Å². The standard InChI is InChI=1S/C15H28N4S/c1-11(16)10-13-12(2)17-18(5)14(13)19-7-6-15(3,4)20-9-8-19/h11H,6-10,16H2,1-5H3. The summed E-state index contributed by atoms with van der Waals surface area (Å²) >= 11 is 2.08. The van der Waals surface area contributed by atoms with E-state index in [1.807, 2.05) is 4.68 Å². The molecule has 1 aromatic rings. The summed E-state index contributed by atoms with van der Waals surface area (Å²) < 4.78 is 2.42. The Bertz CT molecular complexity index is 465. The molecule has 0 aromatic carbocycles. The number of aryl methyl sites for hydroxylation is 2. The molecule has 2 heterocycles. The molecule has 0 saturated carbocycles. The Hall–Kier alpha value is -0.680. The number of thioether (sulfide) groups is 1. The smallest absolute Gasteiger partial charge is 0.130 e. The average Bonchev–Trinajstić information content (AvgIpc) is 2.48. The predicted octanol–water partition coefficient (Wildman–Crippen LogP) is 2.34. The van der Waals surface area contributed by atoms with Crippen LogP contribution < -0.4 is 10.6 Å². The van der Waals surface area contributed by atoms with Gasteiger partial charge in [0.25, 0.3) is 0 Å². The van der Waals surface area contributed by atoms with Gasteiger partial charge in [0.05, 0.1) is 5.69 Å². The highest BCUT2D eigenvalue weighted by atomic mass is 32.2. The van der Waals surface area contributed by atoms with Crippen LogP contribution in [0.25, 0.3) is 0 Å². The zero-order chi connectivity index (χ0) is 14.9. The molecule has 1 unspecified atom stereocenters. The molecule has 0 amide bonds. The molecule has 1 atom stereocenters. The predicted molar refractivity (Wildman–Crippen MR) is 88.7 cm³/mol. The van der Waals surface area contributed by atoms with E-state index >= 15 is 0 Å². The number of hydrogen-bond acceptors (Lipinski definition) is 4. The first-order chi connectivity index (χ1) is 9.30. The van der Waals surface area contributed by atoms with Crippen molar-refractivity contribution in [2.75, 3.05) is 23.7 Å². The summed E-state index contributed by atoms with van der Waals surface area (Å²) in [6.45, 7) is 11.1. The second-order valence-electron chi connectivity index (χ2n) is 6.54. The van der Waals surface area contributed by atoms with E-state index < -0.39 is 0 Å². The van der Waals surface area contributed by atoms with Gasteiger partial charge < -0.3 is 10.6 Å². The van der Waals surface area contributed by atoms with Crippen molar-refractivity contribution in [3.8, 4) is 0 Å². The van der Waals surface area contributed by atoms with Crippen molar-refractivity contribution < 1.29 is 0 Å². The van der Waals surface area contributed by atoms with Gasteiger partial charge in [-0.3, -0.25) is 4.68 Å². The van der Waals surface area contributed by atoms with Crippen LogP contribution in [-0.2, 0) is 13.5 Å². The fourth-order valence-corrected chi connectivity index (χ4v) is 3.98. The minimum Gasteiger partial charge on any atom is -0.356 e. The third-order valence-corrected chi connectivity index (χ3v) is 5.35. The summed E-state index contributed by atoms with van der Waals surface area (Å²) in [4.78, 5) is 2.50. The maximum Gasteiger partial charge on any atom is 0.130 e. The van der Waals surface area contributed by atoms with E-state index in [1.54, 1.807) is 0 Å². The Kier molecular flexibility index (Phi) is 4.69. The fourth-order valence-electron chi connectivity index (χ4n) is 2.88. The van der Waals surface area contributed by atoms with Gasteiger partial charge in [-0.2, -0.15) is 16.9 Å². The maximum absolute atomic E-state index is 6.02. The van der Waals surface area contributed by atoms with Crippen LogP contribution in [0, 0.1) is 6.92 Å². The highest BCUT2D eigenvalue weighted by molar-refractivity contribution is 8.00. The number of aromatic nitrogens is 2. The lowest BCUT2D eigenvalue weighted by Gasteiger charge is -2.25. The molecular formula is C15H28N4S. The van der Waals surface area contributed by atoms with Gasteiger partial charge in [0.15, 0.2) is 0 Å². The third kappa shape index (κ3) is 3.50. The van der Waals surface area contributed by atoms with Crippen LogP contribution in [0.2, 0.25) is 0 Å². The summed E-state index contributed by atoms with van der Waals surface area (Å²) in [6, 6.07) is 0.175. The average molecular weight is 296 g/mol. The Morgan fingerprint density at radius 1 is 1.40 bits per heavy atom. The summed E-state index contributed by atoms with van der Waals surface area (Å²) in [5.74, 6) is 2.45. The number of rotatable bonds is 3. The minimum absolute atomic E-state index is 0.175. The minimum atomic E-state index is 0.175. The SMILES string of the molecule is Cc1nn(C)c(N2CCSC(C)(C)CC2)c1CC(C)N. The van der Waals surface area contributed by atoms with Crippen LogP contribution in [0.3, 0.4) is 0 Å². The Morgan fingerprint density at radius 2 is 2.10 bits per heavy atom. The molecule has 114 valence electrons. The quantitative estimate of drug-likeness (QED) is 0.930. The first-order valence-electron chi connectivity index (χ1n) is 7.47. The molecule has 2 rings (SSSR count). The molecule has 1 saturated heterocycles. The highest BCUT2D eigenvalue weighted by Crippen LogP contribution is 2.33. The molecule has 1 fully saturated rings. The summed E-state index contributed by atoms with van der Waals surface area (Å²) in [6.07, 6.45) is 2.11. The molecule has 0 radical (unpaired) electrons. The normalized spacial score (nSPS) is 20.8. The number of hydrogen-bond donors (Lipinski definition) is 1. The van der Waals surface area contributed by atoms with Gasteiger partial charge in [0, 0.05) is 42.2 Å². The Morgan fingerprint density at radius 3 is 2.75 bits per heavy atom. The Balaban J connectivity index is 2.27. The van der Waals surface area contributed by atoms with E-state index in [2.05, 4.69) is 56.5 Å². The molecule has 4 nitrogen and oxygen atoms in total. The summed E-state index contributed by atoms with van der Waals surface area (Å²) in [7, 11) is 2.05. The van der Waals surface area contributed by atoms with Crippen LogP contribution in [0.15, 0.2) is 0 Å². The van der Waals surface area contributed by atoms with Gasteiger partial charge >= 0.3 is 0 Å². The lowest BCUT2D eigenvalue weighted by Crippen LogP contribution is -2.30. The lowest BCUT2D eigenvalue weighted by atomic mass is 10.1. The zero-order valence-electron chi connectivity index (χ0n) is 13.4. The molecule has 1 aromatic heterocycles. The van der Waals surface area contributed by atoms with Crippen LogP contribution in [0.4, 0.5) is 5.82 Å². The summed E-state index contributed by atoms with van der Waals surface area (Å²) in [5, 5.41) is 4.62. The van der Waals surface area contributed by atoms with Crippen molar-refractivity contribution in [2.45, 2.75) is 51.3 Å². The van der Waals surface area contributed by atoms with E-state index in [0.717, 1.165) is 25.2 Å². The van der Waals surface area contributed by atoms with Gasteiger partial charge in [0.2, 0.25) is 0 Å². The number of nitrogens with zero attached hydrogens (tertiary/aromatic N) is 3. The molecular weight excluding hydrogens is 268 g/mol. The van der Waals surface area contributed by atoms with Crippen LogP contribution in [-0.4, -0.2) is 39.4 Å². The summed E-state index contributed by atoms with van der Waals surface area (Å²) in [5.41, 5.74) is 8.46. The van der Waals surface area contributed by atoms with Gasteiger partial charge in [0.1, 0.15) is 5.82 Å². The van der Waals surface area contributed by atoms with Gasteiger partial charge in [-0.05, 0) is 26.7 Å². The van der Waals surface area contributed by atoms with Crippen LogP contribution in [0.5, 0.6) is 0 Å². The third-order valence-electron chi connectivity index (χ3n) is 3.98. The molecule has 0 aliphatic carbocycles. The molecule has 2 N–H and O–H groups in total. The molecule has 1 aliphatic heterocycles. The zero-order valence-corrected chi connectivity index (χ0v) is 14.3. The first-order valence-corrected chi connectivity index (χ1v) is 8.45. The largest absolute Gasteiger partial charge is 0.356 e. The van der Waals surface area contributed by atoms with E-state index in [4.69, 9.17) is 5.73 Å². The van der Waals surface area contributed by atoms with Crippen molar-refractivity contribution >= 4 is 17.6 Å². The Labute approximate surface area is 127 Å². The van der Waals surface area contributed by atoms with Crippen LogP contribution >= 0.6 is 11.8 Å². The number of anilines is 1. The van der Waals surface area contributed by atoms with E-state index in [1.165, 1.54) is 23.6 Å². The lowest BCUT2D eigenvalue weighted by molar-refractivity contribution is 0.621. The van der Waals surface area contributed by atoms with Crippen molar-refractivity contribution in [1.29, 1.82) is 0 Å². The number of nitrogens with two attached hydrogens (primary N) is 1.